The van der Waals surface area contributed by atoms with E-state index in [-0.39, 0.29) is 5.70 Å². The van der Waals surface area contributed by atoms with Crippen LogP contribution in [-0.4, -0.2) is 37.1 Å². The zero-order valence-corrected chi connectivity index (χ0v) is 10.9. The maximum atomic E-state index is 9.16. The van der Waals surface area contributed by atoms with Gasteiger partial charge >= 0.3 is 0 Å². The van der Waals surface area contributed by atoms with Gasteiger partial charge in [0.15, 0.2) is 18.2 Å². The molecule has 0 radical (unpaired) electrons. The van der Waals surface area contributed by atoms with Crippen molar-refractivity contribution in [1.29, 1.82) is 10.5 Å². The summed E-state index contributed by atoms with van der Waals surface area (Å²) >= 11 is 0. The number of nitriles is 2. The Morgan fingerprint density at radius 1 is 1.17 bits per heavy atom. The molecule has 0 aromatic heterocycles. The normalized spacial score (nSPS) is 23.3. The summed E-state index contributed by atoms with van der Waals surface area (Å²) in [5.74, 6) is 0. The fraction of sp³-hybridized carbons (Fsp3) is 0.667. The number of allylic oxidation sites excluding steroid dienone is 2. The van der Waals surface area contributed by atoms with Gasteiger partial charge in [0, 0.05) is 19.8 Å². The van der Waals surface area contributed by atoms with Crippen molar-refractivity contribution in [2.45, 2.75) is 33.2 Å². The van der Waals surface area contributed by atoms with E-state index in [4.69, 9.17) is 20.0 Å². The van der Waals surface area contributed by atoms with Crippen LogP contribution in [0.2, 0.25) is 0 Å². The molecule has 1 N–H and O–H groups in total. The van der Waals surface area contributed by atoms with E-state index in [1.807, 2.05) is 32.9 Å². The minimum absolute atomic E-state index is 0.230. The molecule has 1 heterocycles. The SMILES string of the molecule is CCO[C@@H]1NC(C#N)=C(C#N)N(CC)[C@H]1OCC. The predicted octanol–water partition coefficient (Wildman–Crippen LogP) is 0.895. The summed E-state index contributed by atoms with van der Waals surface area (Å²) in [6, 6.07) is 4.03. The average Bonchev–Trinajstić information content (AvgIpc) is 2.39. The summed E-state index contributed by atoms with van der Waals surface area (Å²) in [7, 11) is 0. The molecule has 0 amide bonds. The Balaban J connectivity index is 3.11. The minimum Gasteiger partial charge on any atom is -0.354 e. The van der Waals surface area contributed by atoms with Crippen LogP contribution >= 0.6 is 0 Å². The third-order valence-corrected chi connectivity index (χ3v) is 2.62. The molecule has 0 aliphatic carbocycles. The van der Waals surface area contributed by atoms with Crippen LogP contribution in [-0.2, 0) is 9.47 Å². The van der Waals surface area contributed by atoms with Gasteiger partial charge in [-0.05, 0) is 20.8 Å². The van der Waals surface area contributed by atoms with Crippen molar-refractivity contribution in [2.75, 3.05) is 19.8 Å². The second kappa shape index (κ2) is 6.85. The Bertz CT molecular complexity index is 394. The van der Waals surface area contributed by atoms with E-state index in [9.17, 15) is 0 Å². The van der Waals surface area contributed by atoms with Gasteiger partial charge in [0.1, 0.15) is 17.8 Å². The maximum Gasteiger partial charge on any atom is 0.175 e. The van der Waals surface area contributed by atoms with Crippen LogP contribution in [0.5, 0.6) is 0 Å². The molecule has 0 aromatic rings. The summed E-state index contributed by atoms with van der Waals surface area (Å²) < 4.78 is 11.2. The first-order valence-electron chi connectivity index (χ1n) is 6.04. The molecule has 0 unspecified atom stereocenters. The molecule has 0 saturated heterocycles. The Kier molecular flexibility index (Phi) is 5.44. The number of hydrogen-bond donors (Lipinski definition) is 1. The summed E-state index contributed by atoms with van der Waals surface area (Å²) in [6.07, 6.45) is -0.839. The third-order valence-electron chi connectivity index (χ3n) is 2.62. The minimum atomic E-state index is -0.443. The van der Waals surface area contributed by atoms with Crippen molar-refractivity contribution in [3.63, 3.8) is 0 Å². The van der Waals surface area contributed by atoms with Gasteiger partial charge < -0.3 is 19.7 Å². The van der Waals surface area contributed by atoms with Crippen LogP contribution in [0.25, 0.3) is 0 Å². The van der Waals surface area contributed by atoms with E-state index >= 15 is 0 Å². The third kappa shape index (κ3) is 2.73. The van der Waals surface area contributed by atoms with Crippen molar-refractivity contribution < 1.29 is 9.47 Å². The highest BCUT2D eigenvalue weighted by molar-refractivity contribution is 5.37. The number of hydrogen-bond acceptors (Lipinski definition) is 6. The fourth-order valence-corrected chi connectivity index (χ4v) is 1.91. The van der Waals surface area contributed by atoms with Crippen LogP contribution in [0.1, 0.15) is 20.8 Å². The van der Waals surface area contributed by atoms with Crippen molar-refractivity contribution in [1.82, 2.24) is 10.2 Å². The Hall–Kier alpha value is -1.76. The standard InChI is InChI=1S/C12H18N4O2/c1-4-16-10(8-14)9(7-13)15-11(17-5-2)12(16)18-6-3/h11-12,15H,4-6H2,1-3H3/t11-,12-/m0/s1. The lowest BCUT2D eigenvalue weighted by atomic mass is 10.2. The molecule has 0 bridgehead atoms. The summed E-state index contributed by atoms with van der Waals surface area (Å²) in [6.45, 7) is 7.24. The van der Waals surface area contributed by atoms with Gasteiger partial charge in [-0.1, -0.05) is 0 Å². The van der Waals surface area contributed by atoms with Crippen LogP contribution in [0.4, 0.5) is 0 Å². The van der Waals surface area contributed by atoms with E-state index in [0.717, 1.165) is 0 Å². The zero-order chi connectivity index (χ0) is 13.5. The monoisotopic (exact) mass is 250 g/mol. The van der Waals surface area contributed by atoms with Crippen molar-refractivity contribution >= 4 is 0 Å². The summed E-state index contributed by atoms with van der Waals surface area (Å²) in [4.78, 5) is 1.75. The Morgan fingerprint density at radius 2 is 1.83 bits per heavy atom. The van der Waals surface area contributed by atoms with Gasteiger partial charge in [-0.25, -0.2) is 0 Å². The number of rotatable bonds is 5. The molecule has 98 valence electrons. The molecule has 0 fully saturated rings. The molecule has 2 atom stereocenters. The quantitative estimate of drug-likeness (QED) is 0.780. The molecular weight excluding hydrogens is 232 g/mol. The van der Waals surface area contributed by atoms with Gasteiger partial charge in [0.25, 0.3) is 0 Å². The highest BCUT2D eigenvalue weighted by atomic mass is 16.6. The first-order chi connectivity index (χ1) is 8.73. The molecule has 0 spiro atoms. The fourth-order valence-electron chi connectivity index (χ4n) is 1.91. The maximum absolute atomic E-state index is 9.16. The molecule has 0 aromatic carbocycles. The largest absolute Gasteiger partial charge is 0.354 e. The lowest BCUT2D eigenvalue weighted by molar-refractivity contribution is -0.144. The molecule has 1 aliphatic heterocycles. The molecule has 18 heavy (non-hydrogen) atoms. The smallest absolute Gasteiger partial charge is 0.175 e. The first-order valence-corrected chi connectivity index (χ1v) is 6.04. The van der Waals surface area contributed by atoms with Crippen molar-refractivity contribution in [3.05, 3.63) is 11.4 Å². The molecular formula is C12H18N4O2. The summed E-state index contributed by atoms with van der Waals surface area (Å²) in [5.41, 5.74) is 0.531. The van der Waals surface area contributed by atoms with Gasteiger partial charge in [0.2, 0.25) is 0 Å². The number of nitrogens with zero attached hydrogens (tertiary/aromatic N) is 3. The van der Waals surface area contributed by atoms with E-state index < -0.39 is 12.5 Å². The molecule has 6 heteroatoms. The molecule has 0 saturated carbocycles. The molecule has 1 rings (SSSR count). The second-order valence-corrected chi connectivity index (χ2v) is 3.60. The van der Waals surface area contributed by atoms with Gasteiger partial charge in [-0.2, -0.15) is 10.5 Å². The van der Waals surface area contributed by atoms with Crippen LogP contribution < -0.4 is 5.32 Å². The lowest BCUT2D eigenvalue weighted by Gasteiger charge is -2.40. The van der Waals surface area contributed by atoms with E-state index in [0.29, 0.717) is 25.5 Å². The van der Waals surface area contributed by atoms with E-state index in [2.05, 4.69) is 5.32 Å². The molecule has 1 aliphatic rings. The van der Waals surface area contributed by atoms with Gasteiger partial charge in [-0.15, -0.1) is 0 Å². The van der Waals surface area contributed by atoms with Crippen molar-refractivity contribution in [2.24, 2.45) is 0 Å². The number of nitrogens with one attached hydrogen (secondary N) is 1. The Morgan fingerprint density at radius 3 is 2.28 bits per heavy atom. The van der Waals surface area contributed by atoms with Gasteiger partial charge in [-0.3, -0.25) is 0 Å². The highest BCUT2D eigenvalue weighted by Crippen LogP contribution is 2.22. The topological polar surface area (TPSA) is 81.3 Å². The van der Waals surface area contributed by atoms with Crippen LogP contribution in [0.3, 0.4) is 0 Å². The summed E-state index contributed by atoms with van der Waals surface area (Å²) in [5, 5.41) is 21.1. The lowest BCUT2D eigenvalue weighted by Crippen LogP contribution is -2.56. The van der Waals surface area contributed by atoms with Crippen LogP contribution in [0, 0.1) is 22.7 Å². The van der Waals surface area contributed by atoms with Crippen LogP contribution in [0.15, 0.2) is 11.4 Å². The van der Waals surface area contributed by atoms with E-state index in [1.54, 1.807) is 4.90 Å². The van der Waals surface area contributed by atoms with E-state index in [1.165, 1.54) is 0 Å². The molecule has 6 nitrogen and oxygen atoms in total. The number of likely N-dealkylation sites (N-methyl/N-ethyl adjacent to an activating group) is 1. The zero-order valence-electron chi connectivity index (χ0n) is 10.9. The highest BCUT2D eigenvalue weighted by Gasteiger charge is 2.36. The first kappa shape index (κ1) is 14.3. The predicted molar refractivity (Wildman–Crippen MR) is 64.6 cm³/mol. The average molecular weight is 250 g/mol. The van der Waals surface area contributed by atoms with Crippen molar-refractivity contribution in [3.8, 4) is 12.1 Å². The second-order valence-electron chi connectivity index (χ2n) is 3.60. The van der Waals surface area contributed by atoms with Gasteiger partial charge in [0.05, 0.1) is 0 Å². The Labute approximate surface area is 107 Å². The number of ether oxygens (including phenoxy) is 2.